The first-order chi connectivity index (χ1) is 10.7. The molecule has 120 valence electrons. The largest absolute Gasteiger partial charge is 0.377 e. The highest BCUT2D eigenvalue weighted by molar-refractivity contribution is 5.73. The third kappa shape index (κ3) is 3.30. The van der Waals surface area contributed by atoms with Crippen LogP contribution in [0.4, 0.5) is 11.8 Å². The topological polar surface area (TPSA) is 70.6 Å². The Bertz CT molecular complexity index is 539. The fraction of sp³-hybridized carbons (Fsp3) is 0.667. The Morgan fingerprint density at radius 3 is 2.59 bits per heavy atom. The van der Waals surface area contributed by atoms with Gasteiger partial charge in [0, 0.05) is 44.9 Å². The first-order valence-electron chi connectivity index (χ1n) is 7.88. The summed E-state index contributed by atoms with van der Waals surface area (Å²) in [5.74, 6) is 1.75. The van der Waals surface area contributed by atoms with E-state index in [-0.39, 0.29) is 5.91 Å². The van der Waals surface area contributed by atoms with Gasteiger partial charge in [-0.2, -0.15) is 4.98 Å². The standard InChI is InChI=1S/C15H23N5O2/c1-3-12-8-14(16-13-9-22-10-13)18-15(17-12)20-6-4-19(5-7-20)11(2)21/h8,13H,3-7,9-10H2,1-2H3,(H,16,17,18). The van der Waals surface area contributed by atoms with Gasteiger partial charge in [-0.05, 0) is 6.42 Å². The number of aromatic nitrogens is 2. The summed E-state index contributed by atoms with van der Waals surface area (Å²) in [5, 5.41) is 3.39. The highest BCUT2D eigenvalue weighted by atomic mass is 16.5. The molecule has 2 fully saturated rings. The fourth-order valence-electron chi connectivity index (χ4n) is 2.63. The predicted octanol–water partition coefficient (Wildman–Crippen LogP) is 0.518. The molecule has 22 heavy (non-hydrogen) atoms. The molecule has 0 bridgehead atoms. The van der Waals surface area contributed by atoms with Crippen LogP contribution in [0.15, 0.2) is 6.07 Å². The van der Waals surface area contributed by atoms with E-state index in [1.807, 2.05) is 11.0 Å². The molecule has 2 aliphatic heterocycles. The highest BCUT2D eigenvalue weighted by Gasteiger charge is 2.22. The van der Waals surface area contributed by atoms with E-state index in [1.54, 1.807) is 6.92 Å². The highest BCUT2D eigenvalue weighted by Crippen LogP contribution is 2.18. The summed E-state index contributed by atoms with van der Waals surface area (Å²) in [4.78, 5) is 24.7. The van der Waals surface area contributed by atoms with Crippen molar-refractivity contribution >= 4 is 17.7 Å². The van der Waals surface area contributed by atoms with Crippen molar-refractivity contribution in [2.75, 3.05) is 49.6 Å². The molecule has 0 saturated carbocycles. The molecule has 2 aliphatic rings. The lowest BCUT2D eigenvalue weighted by Gasteiger charge is -2.34. The zero-order chi connectivity index (χ0) is 15.5. The number of carbonyl (C=O) groups excluding carboxylic acids is 1. The summed E-state index contributed by atoms with van der Waals surface area (Å²) in [7, 11) is 0. The van der Waals surface area contributed by atoms with E-state index in [9.17, 15) is 4.79 Å². The zero-order valence-corrected chi connectivity index (χ0v) is 13.2. The first-order valence-corrected chi connectivity index (χ1v) is 7.88. The Balaban J connectivity index is 1.72. The second-order valence-electron chi connectivity index (χ2n) is 5.77. The van der Waals surface area contributed by atoms with Crippen LogP contribution in [0.25, 0.3) is 0 Å². The molecule has 0 aliphatic carbocycles. The number of nitrogens with one attached hydrogen (secondary N) is 1. The summed E-state index contributed by atoms with van der Waals surface area (Å²) in [6.07, 6.45) is 0.874. The minimum absolute atomic E-state index is 0.134. The molecule has 0 atom stereocenters. The molecule has 0 spiro atoms. The number of hydrogen-bond donors (Lipinski definition) is 1. The third-order valence-corrected chi connectivity index (χ3v) is 4.13. The number of piperazine rings is 1. The number of carbonyl (C=O) groups is 1. The summed E-state index contributed by atoms with van der Waals surface area (Å²) < 4.78 is 5.19. The lowest BCUT2D eigenvalue weighted by Crippen LogP contribution is -2.48. The van der Waals surface area contributed by atoms with Gasteiger partial charge >= 0.3 is 0 Å². The number of hydrogen-bond acceptors (Lipinski definition) is 6. The van der Waals surface area contributed by atoms with Crippen LogP contribution >= 0.6 is 0 Å². The summed E-state index contributed by atoms with van der Waals surface area (Å²) in [6.45, 7) is 8.19. The van der Waals surface area contributed by atoms with Gasteiger partial charge in [-0.1, -0.05) is 6.92 Å². The lowest BCUT2D eigenvalue weighted by molar-refractivity contribution is -0.129. The predicted molar refractivity (Wildman–Crippen MR) is 84.1 cm³/mol. The van der Waals surface area contributed by atoms with Crippen LogP contribution in [0.5, 0.6) is 0 Å². The maximum Gasteiger partial charge on any atom is 0.227 e. The van der Waals surface area contributed by atoms with Crippen molar-refractivity contribution < 1.29 is 9.53 Å². The average molecular weight is 305 g/mol. The SMILES string of the molecule is CCc1cc(NC2COC2)nc(N2CCN(C(C)=O)CC2)n1. The molecule has 2 saturated heterocycles. The number of ether oxygens (including phenoxy) is 1. The van der Waals surface area contributed by atoms with E-state index in [4.69, 9.17) is 4.74 Å². The van der Waals surface area contributed by atoms with Gasteiger partial charge in [0.15, 0.2) is 0 Å². The third-order valence-electron chi connectivity index (χ3n) is 4.13. The van der Waals surface area contributed by atoms with Crippen molar-refractivity contribution in [1.82, 2.24) is 14.9 Å². The van der Waals surface area contributed by atoms with Gasteiger partial charge in [0.2, 0.25) is 11.9 Å². The number of anilines is 2. The van der Waals surface area contributed by atoms with Crippen LogP contribution < -0.4 is 10.2 Å². The van der Waals surface area contributed by atoms with Gasteiger partial charge < -0.3 is 19.9 Å². The second kappa shape index (κ2) is 6.48. The minimum Gasteiger partial charge on any atom is -0.377 e. The Hall–Kier alpha value is -1.89. The van der Waals surface area contributed by atoms with Crippen LogP contribution in [0.1, 0.15) is 19.5 Å². The number of rotatable bonds is 4. The lowest BCUT2D eigenvalue weighted by atomic mass is 10.2. The molecule has 1 N–H and O–H groups in total. The Labute approximate surface area is 130 Å². The van der Waals surface area contributed by atoms with Gasteiger partial charge in [0.05, 0.1) is 19.3 Å². The Morgan fingerprint density at radius 1 is 1.32 bits per heavy atom. The quantitative estimate of drug-likeness (QED) is 0.874. The molecule has 7 nitrogen and oxygen atoms in total. The summed E-state index contributed by atoms with van der Waals surface area (Å²) in [6, 6.07) is 2.36. The van der Waals surface area contributed by atoms with Gasteiger partial charge in [-0.25, -0.2) is 4.98 Å². The second-order valence-corrected chi connectivity index (χ2v) is 5.77. The van der Waals surface area contributed by atoms with Crippen molar-refractivity contribution in [3.05, 3.63) is 11.8 Å². The molecule has 1 amide bonds. The Morgan fingerprint density at radius 2 is 2.05 bits per heavy atom. The van der Waals surface area contributed by atoms with Gasteiger partial charge in [0.25, 0.3) is 0 Å². The smallest absolute Gasteiger partial charge is 0.227 e. The van der Waals surface area contributed by atoms with Crippen LogP contribution in [0, 0.1) is 0 Å². The van der Waals surface area contributed by atoms with Gasteiger partial charge in [0.1, 0.15) is 5.82 Å². The van der Waals surface area contributed by atoms with Crippen molar-refractivity contribution in [2.45, 2.75) is 26.3 Å². The first kappa shape index (κ1) is 15.0. The summed E-state index contributed by atoms with van der Waals surface area (Å²) in [5.41, 5.74) is 1.03. The van der Waals surface area contributed by atoms with Gasteiger partial charge in [-0.3, -0.25) is 4.79 Å². The monoisotopic (exact) mass is 305 g/mol. The molecule has 1 aromatic rings. The van der Waals surface area contributed by atoms with Crippen molar-refractivity contribution in [1.29, 1.82) is 0 Å². The maximum absolute atomic E-state index is 11.4. The average Bonchev–Trinajstić information content (AvgIpc) is 2.50. The van der Waals surface area contributed by atoms with Crippen molar-refractivity contribution in [3.63, 3.8) is 0 Å². The molecule has 0 aromatic carbocycles. The van der Waals surface area contributed by atoms with Crippen molar-refractivity contribution in [2.24, 2.45) is 0 Å². The zero-order valence-electron chi connectivity index (χ0n) is 13.2. The summed E-state index contributed by atoms with van der Waals surface area (Å²) >= 11 is 0. The van der Waals surface area contributed by atoms with Crippen molar-refractivity contribution in [3.8, 4) is 0 Å². The van der Waals surface area contributed by atoms with Crippen LogP contribution in [0.2, 0.25) is 0 Å². The number of nitrogens with zero attached hydrogens (tertiary/aromatic N) is 4. The van der Waals surface area contributed by atoms with Crippen LogP contribution in [-0.4, -0.2) is 66.2 Å². The van der Waals surface area contributed by atoms with E-state index in [2.05, 4.69) is 27.1 Å². The molecule has 7 heteroatoms. The fourth-order valence-corrected chi connectivity index (χ4v) is 2.63. The van der Waals surface area contributed by atoms with E-state index in [0.717, 1.165) is 63.3 Å². The molecule has 0 unspecified atom stereocenters. The molecular formula is C15H23N5O2. The Kier molecular flexibility index (Phi) is 4.42. The van der Waals surface area contributed by atoms with E-state index in [1.165, 1.54) is 0 Å². The normalized spacial score (nSPS) is 19.0. The number of amides is 1. The minimum atomic E-state index is 0.134. The van der Waals surface area contributed by atoms with Crippen LogP contribution in [0.3, 0.4) is 0 Å². The van der Waals surface area contributed by atoms with Gasteiger partial charge in [-0.15, -0.1) is 0 Å². The molecule has 3 heterocycles. The molecule has 3 rings (SSSR count). The van der Waals surface area contributed by atoms with E-state index in [0.29, 0.717) is 6.04 Å². The van der Waals surface area contributed by atoms with E-state index < -0.39 is 0 Å². The number of aryl methyl sites for hydroxylation is 1. The molecular weight excluding hydrogens is 282 g/mol. The van der Waals surface area contributed by atoms with Crippen LogP contribution in [-0.2, 0) is 16.0 Å². The molecule has 0 radical (unpaired) electrons. The molecule has 1 aromatic heterocycles. The maximum atomic E-state index is 11.4. The van der Waals surface area contributed by atoms with E-state index >= 15 is 0 Å².